The molecule has 0 aromatic carbocycles. The maximum atomic E-state index is 12.7. The van der Waals surface area contributed by atoms with Crippen molar-refractivity contribution in [2.75, 3.05) is 13.1 Å². The van der Waals surface area contributed by atoms with Crippen molar-refractivity contribution in [3.05, 3.63) is 0 Å². The Kier molecular flexibility index (Phi) is 5.30. The topological polar surface area (TPSA) is 74.7 Å². The summed E-state index contributed by atoms with van der Waals surface area (Å²) in [5.74, 6) is -3.29. The number of aliphatic carboxylic acids is 1. The Morgan fingerprint density at radius 1 is 1.13 bits per heavy atom. The molecule has 2 aliphatic rings. The fourth-order valence-corrected chi connectivity index (χ4v) is 5.73. The van der Waals surface area contributed by atoms with E-state index in [0.29, 0.717) is 6.42 Å². The third-order valence-corrected chi connectivity index (χ3v) is 7.23. The van der Waals surface area contributed by atoms with Gasteiger partial charge in [0.1, 0.15) is 0 Å². The summed E-state index contributed by atoms with van der Waals surface area (Å²) in [7, 11) is -3.75. The summed E-state index contributed by atoms with van der Waals surface area (Å²) in [6.45, 7) is 1.95. The molecule has 5 nitrogen and oxygen atoms in total. The van der Waals surface area contributed by atoms with Gasteiger partial charge in [0.05, 0.1) is 17.1 Å². The quantitative estimate of drug-likeness (QED) is 0.842. The first-order valence-corrected chi connectivity index (χ1v) is 9.30. The first kappa shape index (κ1) is 18.5. The van der Waals surface area contributed by atoms with Crippen molar-refractivity contribution >= 4 is 16.0 Å². The van der Waals surface area contributed by atoms with E-state index in [1.54, 1.807) is 6.92 Å². The van der Waals surface area contributed by atoms with Gasteiger partial charge in [-0.25, -0.2) is 12.7 Å². The molecule has 0 amide bonds. The van der Waals surface area contributed by atoms with Crippen LogP contribution in [0, 0.1) is 17.8 Å². The summed E-state index contributed by atoms with van der Waals surface area (Å²) in [6.07, 6.45) is -4.26. The summed E-state index contributed by atoms with van der Waals surface area (Å²) in [5, 5.41) is 8.30. The zero-order valence-electron chi connectivity index (χ0n) is 12.9. The summed E-state index contributed by atoms with van der Waals surface area (Å²) < 4.78 is 64.6. The van der Waals surface area contributed by atoms with Crippen LogP contribution in [0.1, 0.15) is 39.0 Å². The predicted octanol–water partition coefficient (Wildman–Crippen LogP) is 2.48. The van der Waals surface area contributed by atoms with Crippen LogP contribution in [0.2, 0.25) is 0 Å². The van der Waals surface area contributed by atoms with Gasteiger partial charge in [0.15, 0.2) is 0 Å². The van der Waals surface area contributed by atoms with Gasteiger partial charge in [-0.3, -0.25) is 4.79 Å². The van der Waals surface area contributed by atoms with Crippen molar-refractivity contribution in [2.24, 2.45) is 17.8 Å². The van der Waals surface area contributed by atoms with Gasteiger partial charge in [0.2, 0.25) is 10.0 Å². The Hall–Kier alpha value is -0.830. The van der Waals surface area contributed by atoms with Gasteiger partial charge in [-0.15, -0.1) is 0 Å². The minimum absolute atomic E-state index is 0.0187. The molecule has 2 rings (SSSR count). The van der Waals surface area contributed by atoms with Gasteiger partial charge in [-0.05, 0) is 38.0 Å². The summed E-state index contributed by atoms with van der Waals surface area (Å²) >= 11 is 0. The number of nitrogens with zero attached hydrogens (tertiary/aromatic N) is 1. The zero-order valence-corrected chi connectivity index (χ0v) is 13.7. The van der Waals surface area contributed by atoms with Crippen LogP contribution < -0.4 is 0 Å². The number of carbonyl (C=O) groups is 1. The second-order valence-electron chi connectivity index (χ2n) is 6.75. The number of halogens is 3. The Morgan fingerprint density at radius 2 is 1.70 bits per heavy atom. The van der Waals surface area contributed by atoms with Crippen LogP contribution in [0.25, 0.3) is 0 Å². The normalized spacial score (nSPS) is 34.3. The number of hydrogen-bond donors (Lipinski definition) is 1. The van der Waals surface area contributed by atoms with Crippen LogP contribution in [0.4, 0.5) is 13.2 Å². The van der Waals surface area contributed by atoms with E-state index in [1.165, 1.54) is 4.31 Å². The third-order valence-electron chi connectivity index (χ3n) is 4.89. The Morgan fingerprint density at radius 3 is 2.17 bits per heavy atom. The van der Waals surface area contributed by atoms with E-state index in [2.05, 4.69) is 0 Å². The van der Waals surface area contributed by atoms with Crippen molar-refractivity contribution in [1.29, 1.82) is 0 Å². The highest BCUT2D eigenvalue weighted by molar-refractivity contribution is 7.89. The van der Waals surface area contributed by atoms with Crippen LogP contribution in [0.3, 0.4) is 0 Å². The highest BCUT2D eigenvalue weighted by Gasteiger charge is 2.46. The molecule has 0 bridgehead atoms. The molecule has 1 aliphatic heterocycles. The van der Waals surface area contributed by atoms with E-state index in [9.17, 15) is 26.4 Å². The lowest BCUT2D eigenvalue weighted by Crippen LogP contribution is -2.49. The minimum Gasteiger partial charge on any atom is -0.481 e. The van der Waals surface area contributed by atoms with Crippen molar-refractivity contribution in [3.8, 4) is 0 Å². The molecule has 9 heteroatoms. The molecule has 2 unspecified atom stereocenters. The number of rotatable bonds is 3. The molecule has 23 heavy (non-hydrogen) atoms. The van der Waals surface area contributed by atoms with Crippen LogP contribution in [0.15, 0.2) is 0 Å². The number of alkyl halides is 3. The standard InChI is InChI=1S/C14H22F3NO4S/c1-9-6-10(13(19)20)8-18(7-9)23(21,22)12-4-2-11(3-5-12)14(15,16)17/h9-12H,2-8H2,1H3,(H,19,20). The monoisotopic (exact) mass is 357 g/mol. The van der Waals surface area contributed by atoms with E-state index < -0.39 is 39.3 Å². The molecule has 1 heterocycles. The molecule has 2 atom stereocenters. The lowest BCUT2D eigenvalue weighted by atomic mass is 9.88. The van der Waals surface area contributed by atoms with Gasteiger partial charge in [0, 0.05) is 13.1 Å². The third kappa shape index (κ3) is 4.17. The van der Waals surface area contributed by atoms with Gasteiger partial charge >= 0.3 is 12.1 Å². The largest absolute Gasteiger partial charge is 0.481 e. The molecule has 0 aromatic rings. The van der Waals surface area contributed by atoms with Crippen LogP contribution in [-0.2, 0) is 14.8 Å². The van der Waals surface area contributed by atoms with Crippen molar-refractivity contribution in [2.45, 2.75) is 50.5 Å². The Balaban J connectivity index is 2.06. The molecule has 1 aliphatic carbocycles. The first-order valence-electron chi connectivity index (χ1n) is 7.80. The van der Waals surface area contributed by atoms with Gasteiger partial charge in [0.25, 0.3) is 0 Å². The molecule has 1 saturated heterocycles. The number of sulfonamides is 1. The summed E-state index contributed by atoms with van der Waals surface area (Å²) in [6, 6.07) is 0. The smallest absolute Gasteiger partial charge is 0.391 e. The summed E-state index contributed by atoms with van der Waals surface area (Å²) in [5.41, 5.74) is 0. The van der Waals surface area contributed by atoms with Crippen LogP contribution >= 0.6 is 0 Å². The van der Waals surface area contributed by atoms with Crippen molar-refractivity contribution in [3.63, 3.8) is 0 Å². The first-order chi connectivity index (χ1) is 10.5. The summed E-state index contributed by atoms with van der Waals surface area (Å²) in [4.78, 5) is 11.2. The SMILES string of the molecule is CC1CC(C(=O)O)CN(S(=O)(=O)C2CCC(C(F)(F)F)CC2)C1. The molecule has 1 saturated carbocycles. The zero-order chi connectivity index (χ0) is 17.4. The second kappa shape index (κ2) is 6.58. The number of carboxylic acid groups (broad SMARTS) is 1. The molecule has 0 aromatic heterocycles. The Labute approximate surface area is 133 Å². The Bertz CT molecular complexity index is 541. The maximum Gasteiger partial charge on any atom is 0.391 e. The van der Waals surface area contributed by atoms with E-state index in [-0.39, 0.29) is 44.7 Å². The molecule has 1 N–H and O–H groups in total. The van der Waals surface area contributed by atoms with Gasteiger partial charge < -0.3 is 5.11 Å². The molecule has 2 fully saturated rings. The average Bonchev–Trinajstić information content (AvgIpc) is 2.45. The lowest BCUT2D eigenvalue weighted by molar-refractivity contribution is -0.181. The molecular formula is C14H22F3NO4S. The molecular weight excluding hydrogens is 335 g/mol. The number of hydrogen-bond acceptors (Lipinski definition) is 3. The van der Waals surface area contributed by atoms with Crippen molar-refractivity contribution in [1.82, 2.24) is 4.31 Å². The van der Waals surface area contributed by atoms with E-state index in [1.807, 2.05) is 0 Å². The van der Waals surface area contributed by atoms with Gasteiger partial charge in [-0.1, -0.05) is 6.92 Å². The van der Waals surface area contributed by atoms with E-state index >= 15 is 0 Å². The molecule has 0 radical (unpaired) electrons. The fourth-order valence-electron chi connectivity index (χ4n) is 3.59. The predicted molar refractivity (Wildman–Crippen MR) is 77.2 cm³/mol. The lowest BCUT2D eigenvalue weighted by Gasteiger charge is -2.38. The van der Waals surface area contributed by atoms with Gasteiger partial charge in [-0.2, -0.15) is 13.2 Å². The average molecular weight is 357 g/mol. The molecule has 0 spiro atoms. The number of carboxylic acids is 1. The van der Waals surface area contributed by atoms with Crippen molar-refractivity contribution < 1.29 is 31.5 Å². The highest BCUT2D eigenvalue weighted by Crippen LogP contribution is 2.40. The second-order valence-corrected chi connectivity index (χ2v) is 8.97. The minimum atomic E-state index is -4.28. The number of piperidine rings is 1. The maximum absolute atomic E-state index is 12.7. The van der Waals surface area contributed by atoms with E-state index in [4.69, 9.17) is 5.11 Å². The van der Waals surface area contributed by atoms with Crippen LogP contribution in [0.5, 0.6) is 0 Å². The fraction of sp³-hybridized carbons (Fsp3) is 0.929. The van der Waals surface area contributed by atoms with E-state index in [0.717, 1.165) is 0 Å². The molecule has 134 valence electrons. The van der Waals surface area contributed by atoms with Crippen LogP contribution in [-0.4, -0.2) is 48.3 Å². The highest BCUT2D eigenvalue weighted by atomic mass is 32.2.